The lowest BCUT2D eigenvalue weighted by Crippen LogP contribution is -2.42. The molecule has 0 aliphatic carbocycles. The predicted octanol–water partition coefficient (Wildman–Crippen LogP) is 1.65. The number of nitrogens with one attached hydrogen (secondary N) is 1. The number of hydrogen-bond acceptors (Lipinski definition) is 4. The molecule has 1 aliphatic rings. The molecule has 3 N–H and O–H groups in total. The molecule has 3 rings (SSSR count). The molecule has 2 heterocycles. The summed E-state index contributed by atoms with van der Waals surface area (Å²) in [6.45, 7) is 1.40. The maximum atomic E-state index is 12.5. The lowest BCUT2D eigenvalue weighted by atomic mass is 10.1. The number of H-pyrrole nitrogens is 1. The van der Waals surface area contributed by atoms with E-state index < -0.39 is 0 Å². The minimum Gasteiger partial charge on any atom is -0.497 e. The van der Waals surface area contributed by atoms with Crippen LogP contribution in [0.5, 0.6) is 5.75 Å². The quantitative estimate of drug-likeness (QED) is 0.902. The molecular formula is C16H20N4O2. The predicted molar refractivity (Wildman–Crippen MR) is 83.7 cm³/mol. The van der Waals surface area contributed by atoms with Crippen LogP contribution in [0, 0.1) is 0 Å². The van der Waals surface area contributed by atoms with E-state index in [-0.39, 0.29) is 11.9 Å². The van der Waals surface area contributed by atoms with Gasteiger partial charge in [-0.15, -0.1) is 0 Å². The Balaban J connectivity index is 1.77. The van der Waals surface area contributed by atoms with Crippen LogP contribution in [0.15, 0.2) is 30.3 Å². The number of piperidine rings is 1. The van der Waals surface area contributed by atoms with Crippen LogP contribution in [0.2, 0.25) is 0 Å². The van der Waals surface area contributed by atoms with Crippen LogP contribution >= 0.6 is 0 Å². The fourth-order valence-corrected chi connectivity index (χ4v) is 2.63. The van der Waals surface area contributed by atoms with Gasteiger partial charge in [0.25, 0.3) is 5.91 Å². The smallest absolute Gasteiger partial charge is 0.271 e. The summed E-state index contributed by atoms with van der Waals surface area (Å²) in [6.07, 6.45) is 1.70. The van der Waals surface area contributed by atoms with Gasteiger partial charge in [-0.2, -0.15) is 5.10 Å². The molecule has 0 saturated carbocycles. The number of hydrogen-bond donors (Lipinski definition) is 2. The number of benzene rings is 1. The highest BCUT2D eigenvalue weighted by molar-refractivity contribution is 5.93. The van der Waals surface area contributed by atoms with Gasteiger partial charge in [-0.1, -0.05) is 12.1 Å². The summed E-state index contributed by atoms with van der Waals surface area (Å²) >= 11 is 0. The van der Waals surface area contributed by atoms with Crippen LogP contribution in [0.3, 0.4) is 0 Å². The summed E-state index contributed by atoms with van der Waals surface area (Å²) < 4.78 is 5.21. The van der Waals surface area contributed by atoms with Crippen molar-refractivity contribution in [3.8, 4) is 17.0 Å². The third kappa shape index (κ3) is 2.96. The Morgan fingerprint density at radius 3 is 2.86 bits per heavy atom. The maximum absolute atomic E-state index is 12.5. The zero-order chi connectivity index (χ0) is 15.5. The Bertz CT molecular complexity index is 660. The van der Waals surface area contributed by atoms with Gasteiger partial charge in [-0.3, -0.25) is 9.89 Å². The number of aromatic amines is 1. The number of carbonyl (C=O) groups excluding carboxylic acids is 1. The number of ether oxygens (including phenoxy) is 1. The first kappa shape index (κ1) is 14.6. The van der Waals surface area contributed by atoms with Crippen LogP contribution in [0.1, 0.15) is 23.3 Å². The Labute approximate surface area is 129 Å². The van der Waals surface area contributed by atoms with E-state index in [4.69, 9.17) is 10.5 Å². The molecule has 1 aromatic carbocycles. The van der Waals surface area contributed by atoms with Crippen LogP contribution < -0.4 is 10.5 Å². The van der Waals surface area contributed by atoms with Gasteiger partial charge in [0.15, 0.2) is 0 Å². The first-order valence-electron chi connectivity index (χ1n) is 7.42. The standard InChI is InChI=1S/C16H20N4O2/c1-22-13-4-2-3-11(9-13)14-10-15(19-18-14)16(21)20-7-5-12(17)6-8-20/h2-4,9-10,12H,5-8,17H2,1H3,(H,18,19). The molecule has 0 bridgehead atoms. The lowest BCUT2D eigenvalue weighted by molar-refractivity contribution is 0.0709. The van der Waals surface area contributed by atoms with Gasteiger partial charge < -0.3 is 15.4 Å². The Hall–Kier alpha value is -2.34. The first-order valence-corrected chi connectivity index (χ1v) is 7.42. The SMILES string of the molecule is COc1cccc(-c2cc(C(=O)N3CCC(N)CC3)[nH]n2)c1. The number of amides is 1. The normalized spacial score (nSPS) is 15.8. The molecule has 1 saturated heterocycles. The molecular weight excluding hydrogens is 280 g/mol. The second-order valence-electron chi connectivity index (χ2n) is 5.53. The van der Waals surface area contributed by atoms with Gasteiger partial charge in [0.1, 0.15) is 11.4 Å². The van der Waals surface area contributed by atoms with Crippen LogP contribution in [-0.2, 0) is 0 Å². The van der Waals surface area contributed by atoms with Crippen molar-refractivity contribution in [2.75, 3.05) is 20.2 Å². The molecule has 22 heavy (non-hydrogen) atoms. The fraction of sp³-hybridized carbons (Fsp3) is 0.375. The molecule has 1 aliphatic heterocycles. The molecule has 0 unspecified atom stereocenters. The average molecular weight is 300 g/mol. The molecule has 0 atom stereocenters. The summed E-state index contributed by atoms with van der Waals surface area (Å²) in [5, 5.41) is 7.08. The average Bonchev–Trinajstić information content (AvgIpc) is 3.05. The highest BCUT2D eigenvalue weighted by Gasteiger charge is 2.23. The highest BCUT2D eigenvalue weighted by Crippen LogP contribution is 2.23. The molecule has 1 amide bonds. The van der Waals surface area contributed by atoms with E-state index in [1.54, 1.807) is 13.2 Å². The van der Waals surface area contributed by atoms with Crippen molar-refractivity contribution < 1.29 is 9.53 Å². The van der Waals surface area contributed by atoms with E-state index in [1.165, 1.54) is 0 Å². The van der Waals surface area contributed by atoms with Gasteiger partial charge in [0.2, 0.25) is 0 Å². The van der Waals surface area contributed by atoms with Crippen molar-refractivity contribution in [3.63, 3.8) is 0 Å². The maximum Gasteiger partial charge on any atom is 0.271 e. The van der Waals surface area contributed by atoms with Crippen molar-refractivity contribution >= 4 is 5.91 Å². The second-order valence-corrected chi connectivity index (χ2v) is 5.53. The molecule has 0 radical (unpaired) electrons. The second kappa shape index (κ2) is 6.19. The first-order chi connectivity index (χ1) is 10.7. The third-order valence-electron chi connectivity index (χ3n) is 4.00. The number of carbonyl (C=O) groups is 1. The van der Waals surface area contributed by atoms with Crippen LogP contribution in [-0.4, -0.2) is 47.2 Å². The zero-order valence-corrected chi connectivity index (χ0v) is 12.6. The van der Waals surface area contributed by atoms with Gasteiger partial charge in [-0.25, -0.2) is 0 Å². The van der Waals surface area contributed by atoms with Crippen molar-refractivity contribution in [2.45, 2.75) is 18.9 Å². The van der Waals surface area contributed by atoms with Gasteiger partial charge >= 0.3 is 0 Å². The summed E-state index contributed by atoms with van der Waals surface area (Å²) in [5.74, 6) is 0.743. The minimum absolute atomic E-state index is 0.0199. The number of aromatic nitrogens is 2. The molecule has 2 aromatic rings. The van der Waals surface area contributed by atoms with Crippen molar-refractivity contribution in [1.82, 2.24) is 15.1 Å². The van der Waals surface area contributed by atoms with E-state index in [2.05, 4.69) is 10.2 Å². The number of nitrogens with two attached hydrogens (primary N) is 1. The number of likely N-dealkylation sites (tertiary alicyclic amines) is 1. The van der Waals surface area contributed by atoms with E-state index in [1.807, 2.05) is 29.2 Å². The molecule has 6 heteroatoms. The van der Waals surface area contributed by atoms with Gasteiger partial charge in [0.05, 0.1) is 12.8 Å². The highest BCUT2D eigenvalue weighted by atomic mass is 16.5. The van der Waals surface area contributed by atoms with E-state index >= 15 is 0 Å². The molecule has 1 fully saturated rings. The summed E-state index contributed by atoms with van der Waals surface area (Å²) in [4.78, 5) is 14.3. The van der Waals surface area contributed by atoms with E-state index in [0.29, 0.717) is 18.8 Å². The van der Waals surface area contributed by atoms with E-state index in [0.717, 1.165) is 29.8 Å². The van der Waals surface area contributed by atoms with Crippen molar-refractivity contribution in [1.29, 1.82) is 0 Å². The van der Waals surface area contributed by atoms with Crippen molar-refractivity contribution in [3.05, 3.63) is 36.0 Å². The summed E-state index contributed by atoms with van der Waals surface area (Å²) in [5.41, 5.74) is 8.03. The summed E-state index contributed by atoms with van der Waals surface area (Å²) in [7, 11) is 1.62. The monoisotopic (exact) mass is 300 g/mol. The molecule has 116 valence electrons. The van der Waals surface area contributed by atoms with Gasteiger partial charge in [0, 0.05) is 24.7 Å². The largest absolute Gasteiger partial charge is 0.497 e. The Morgan fingerprint density at radius 1 is 1.36 bits per heavy atom. The topological polar surface area (TPSA) is 84.2 Å². The minimum atomic E-state index is -0.0199. The van der Waals surface area contributed by atoms with Crippen LogP contribution in [0.4, 0.5) is 0 Å². The van der Waals surface area contributed by atoms with Crippen LogP contribution in [0.25, 0.3) is 11.3 Å². The molecule has 0 spiro atoms. The van der Waals surface area contributed by atoms with E-state index in [9.17, 15) is 4.79 Å². The zero-order valence-electron chi connectivity index (χ0n) is 12.6. The molecule has 6 nitrogen and oxygen atoms in total. The van der Waals surface area contributed by atoms with Gasteiger partial charge in [-0.05, 0) is 31.0 Å². The summed E-state index contributed by atoms with van der Waals surface area (Å²) in [6, 6.07) is 9.59. The number of nitrogens with zero attached hydrogens (tertiary/aromatic N) is 2. The molecule has 1 aromatic heterocycles. The van der Waals surface area contributed by atoms with Crippen molar-refractivity contribution in [2.24, 2.45) is 5.73 Å². The Morgan fingerprint density at radius 2 is 2.14 bits per heavy atom. The third-order valence-corrected chi connectivity index (χ3v) is 4.00. The number of rotatable bonds is 3. The number of methoxy groups -OCH3 is 1. The Kier molecular flexibility index (Phi) is 4.11. The fourth-order valence-electron chi connectivity index (χ4n) is 2.63. The lowest BCUT2D eigenvalue weighted by Gasteiger charge is -2.29.